The van der Waals surface area contributed by atoms with E-state index in [0.717, 1.165) is 19.6 Å². The fraction of sp³-hybridized carbons (Fsp3) is 0.417. The second kappa shape index (κ2) is 9.58. The first-order valence-electron chi connectivity index (χ1n) is 10.8. The van der Waals surface area contributed by atoms with Crippen molar-refractivity contribution in [3.63, 3.8) is 0 Å². The van der Waals surface area contributed by atoms with Gasteiger partial charge < -0.3 is 23.9 Å². The first kappa shape index (κ1) is 22.1. The number of Topliss-reactive ketones (excluding diaryl/α,β-unsaturated/α-hetero) is 1. The van der Waals surface area contributed by atoms with Gasteiger partial charge in [-0.3, -0.25) is 14.5 Å². The van der Waals surface area contributed by atoms with Crippen LogP contribution in [0.25, 0.3) is 5.76 Å². The summed E-state index contributed by atoms with van der Waals surface area (Å²) in [6, 6.07) is 9.60. The van der Waals surface area contributed by atoms with Gasteiger partial charge in [0, 0.05) is 26.2 Å². The molecule has 2 aromatic rings. The molecule has 1 atom stereocenters. The third-order valence-corrected chi connectivity index (χ3v) is 5.91. The van der Waals surface area contributed by atoms with Gasteiger partial charge in [-0.15, -0.1) is 0 Å². The number of nitrogens with zero attached hydrogens (tertiary/aromatic N) is 2. The average molecular weight is 440 g/mol. The summed E-state index contributed by atoms with van der Waals surface area (Å²) in [5.74, 6) is -0.101. The minimum atomic E-state index is -0.793. The molecule has 0 spiro atoms. The van der Waals surface area contributed by atoms with E-state index in [9.17, 15) is 14.7 Å². The number of hydrogen-bond donors (Lipinski definition) is 1. The number of carbonyl (C=O) groups excluding carboxylic acids is 2. The van der Waals surface area contributed by atoms with Crippen molar-refractivity contribution in [1.82, 2.24) is 9.80 Å². The molecular weight excluding hydrogens is 412 g/mol. The van der Waals surface area contributed by atoms with E-state index in [0.29, 0.717) is 49.0 Å². The summed E-state index contributed by atoms with van der Waals surface area (Å²) >= 11 is 0. The molecule has 8 nitrogen and oxygen atoms in total. The third-order valence-electron chi connectivity index (χ3n) is 5.91. The fourth-order valence-corrected chi connectivity index (χ4v) is 4.28. The monoisotopic (exact) mass is 440 g/mol. The maximum Gasteiger partial charge on any atom is 0.295 e. The minimum absolute atomic E-state index is 0.0141. The molecule has 4 rings (SSSR count). The number of carbonyl (C=O) groups is 2. The largest absolute Gasteiger partial charge is 0.507 e. The number of hydrogen-bond acceptors (Lipinski definition) is 7. The lowest BCUT2D eigenvalue weighted by Gasteiger charge is -2.28. The Balaban J connectivity index is 1.67. The zero-order valence-electron chi connectivity index (χ0n) is 18.4. The minimum Gasteiger partial charge on any atom is -0.507 e. The standard InChI is InChI=1S/C24H28N2O6/c1-16-8-9-19(32-16)21-20(22(27)17-6-3-4-7-18(17)30-2)23(28)24(29)26(21)11-5-10-25-12-14-31-15-13-25/h3-4,6-9,21,27H,5,10-15H2,1-2H3/b22-20+. The van der Waals surface area contributed by atoms with Crippen LogP contribution in [-0.4, -0.2) is 73.1 Å². The van der Waals surface area contributed by atoms with E-state index in [1.807, 2.05) is 0 Å². The van der Waals surface area contributed by atoms with Gasteiger partial charge in [0.05, 0.1) is 31.5 Å². The molecule has 1 N–H and O–H groups in total. The summed E-state index contributed by atoms with van der Waals surface area (Å²) in [6.07, 6.45) is 0.692. The molecule has 3 heterocycles. The highest BCUT2D eigenvalue weighted by atomic mass is 16.5. The number of likely N-dealkylation sites (tertiary alicyclic amines) is 1. The van der Waals surface area contributed by atoms with Crippen LogP contribution in [0.1, 0.15) is 29.5 Å². The summed E-state index contributed by atoms with van der Waals surface area (Å²) < 4.78 is 16.5. The van der Waals surface area contributed by atoms with Gasteiger partial charge in [0.2, 0.25) is 0 Å². The molecule has 1 unspecified atom stereocenters. The van der Waals surface area contributed by atoms with Crippen molar-refractivity contribution in [1.29, 1.82) is 0 Å². The molecule has 2 saturated heterocycles. The zero-order valence-corrected chi connectivity index (χ0v) is 18.4. The first-order valence-corrected chi connectivity index (χ1v) is 10.8. The highest BCUT2D eigenvalue weighted by molar-refractivity contribution is 6.46. The van der Waals surface area contributed by atoms with Crippen LogP contribution in [0, 0.1) is 6.92 Å². The molecule has 8 heteroatoms. The summed E-state index contributed by atoms with van der Waals surface area (Å²) in [5.41, 5.74) is 0.370. The molecule has 0 aliphatic carbocycles. The van der Waals surface area contributed by atoms with Crippen molar-refractivity contribution in [2.24, 2.45) is 0 Å². The van der Waals surface area contributed by atoms with Gasteiger partial charge >= 0.3 is 0 Å². The number of furan rings is 1. The predicted octanol–water partition coefficient (Wildman–Crippen LogP) is 2.74. The molecule has 0 bridgehead atoms. The summed E-state index contributed by atoms with van der Waals surface area (Å²) in [5, 5.41) is 11.1. The topological polar surface area (TPSA) is 92.5 Å². The van der Waals surface area contributed by atoms with Gasteiger partial charge in [-0.2, -0.15) is 0 Å². The molecule has 0 saturated carbocycles. The summed E-state index contributed by atoms with van der Waals surface area (Å²) in [7, 11) is 1.49. The molecule has 1 amide bonds. The van der Waals surface area contributed by atoms with Gasteiger partial charge in [0.15, 0.2) is 0 Å². The number of aliphatic hydroxyl groups excluding tert-OH is 1. The Morgan fingerprint density at radius 1 is 1.12 bits per heavy atom. The first-order chi connectivity index (χ1) is 15.5. The summed E-state index contributed by atoms with van der Waals surface area (Å²) in [6.45, 7) is 6.08. The second-order valence-electron chi connectivity index (χ2n) is 7.95. The molecule has 1 aromatic carbocycles. The Kier molecular flexibility index (Phi) is 6.62. The lowest BCUT2D eigenvalue weighted by molar-refractivity contribution is -0.140. The van der Waals surface area contributed by atoms with Crippen LogP contribution in [0.3, 0.4) is 0 Å². The van der Waals surface area contributed by atoms with Crippen molar-refractivity contribution in [3.8, 4) is 5.75 Å². The van der Waals surface area contributed by atoms with E-state index >= 15 is 0 Å². The maximum atomic E-state index is 13.1. The van der Waals surface area contributed by atoms with E-state index in [4.69, 9.17) is 13.9 Å². The van der Waals surface area contributed by atoms with Gasteiger partial charge in [0.1, 0.15) is 29.1 Å². The van der Waals surface area contributed by atoms with Crippen molar-refractivity contribution < 1.29 is 28.6 Å². The Morgan fingerprint density at radius 3 is 2.56 bits per heavy atom. The molecule has 0 radical (unpaired) electrons. The van der Waals surface area contributed by atoms with Crippen molar-refractivity contribution >= 4 is 17.4 Å². The third kappa shape index (κ3) is 4.28. The molecule has 2 fully saturated rings. The zero-order chi connectivity index (χ0) is 22.7. The lowest BCUT2D eigenvalue weighted by atomic mass is 9.99. The maximum absolute atomic E-state index is 13.1. The number of rotatable bonds is 7. The van der Waals surface area contributed by atoms with Crippen molar-refractivity contribution in [2.45, 2.75) is 19.4 Å². The van der Waals surface area contributed by atoms with E-state index in [-0.39, 0.29) is 11.3 Å². The Morgan fingerprint density at radius 2 is 1.88 bits per heavy atom. The number of methoxy groups -OCH3 is 1. The number of morpholine rings is 1. The van der Waals surface area contributed by atoms with Crippen LogP contribution < -0.4 is 4.74 Å². The number of amides is 1. The number of aliphatic hydroxyl groups is 1. The van der Waals surface area contributed by atoms with Gasteiger partial charge in [0.25, 0.3) is 11.7 Å². The van der Waals surface area contributed by atoms with Gasteiger partial charge in [-0.25, -0.2) is 0 Å². The number of benzene rings is 1. The number of ether oxygens (including phenoxy) is 2. The van der Waals surface area contributed by atoms with Crippen LogP contribution in [0.4, 0.5) is 0 Å². The van der Waals surface area contributed by atoms with Gasteiger partial charge in [-0.05, 0) is 37.6 Å². The SMILES string of the molecule is COc1ccccc1/C(O)=C1\C(=O)C(=O)N(CCCN2CCOCC2)C1c1ccc(C)o1. The quantitative estimate of drug-likeness (QED) is 0.402. The Labute approximate surface area is 187 Å². The lowest BCUT2D eigenvalue weighted by Crippen LogP contribution is -2.38. The van der Waals surface area contributed by atoms with E-state index in [2.05, 4.69) is 4.90 Å². The number of ketones is 1. The Hall–Kier alpha value is -3.10. The summed E-state index contributed by atoms with van der Waals surface area (Å²) in [4.78, 5) is 29.9. The molecule has 2 aliphatic rings. The molecule has 2 aliphatic heterocycles. The van der Waals surface area contributed by atoms with Crippen molar-refractivity contribution in [3.05, 3.63) is 59.1 Å². The van der Waals surface area contributed by atoms with Crippen LogP contribution in [0.5, 0.6) is 5.75 Å². The molecule has 170 valence electrons. The van der Waals surface area contributed by atoms with E-state index in [1.54, 1.807) is 43.3 Å². The molecular formula is C24H28N2O6. The van der Waals surface area contributed by atoms with Crippen LogP contribution in [-0.2, 0) is 14.3 Å². The van der Waals surface area contributed by atoms with Crippen LogP contribution in [0.2, 0.25) is 0 Å². The van der Waals surface area contributed by atoms with Gasteiger partial charge in [-0.1, -0.05) is 12.1 Å². The normalized spacial score (nSPS) is 21.3. The van der Waals surface area contributed by atoms with Crippen LogP contribution in [0.15, 0.2) is 46.4 Å². The Bertz CT molecular complexity index is 1020. The molecule has 1 aromatic heterocycles. The van der Waals surface area contributed by atoms with Crippen molar-refractivity contribution in [2.75, 3.05) is 46.5 Å². The smallest absolute Gasteiger partial charge is 0.295 e. The predicted molar refractivity (Wildman–Crippen MR) is 117 cm³/mol. The van der Waals surface area contributed by atoms with Crippen LogP contribution >= 0.6 is 0 Å². The second-order valence-corrected chi connectivity index (χ2v) is 7.95. The highest BCUT2D eigenvalue weighted by Gasteiger charge is 2.47. The number of aryl methyl sites for hydroxylation is 1. The highest BCUT2D eigenvalue weighted by Crippen LogP contribution is 2.41. The fourth-order valence-electron chi connectivity index (χ4n) is 4.28. The average Bonchev–Trinajstić information content (AvgIpc) is 3.35. The number of para-hydroxylation sites is 1. The molecule has 32 heavy (non-hydrogen) atoms. The van der Waals surface area contributed by atoms with E-state index in [1.165, 1.54) is 12.0 Å². The van der Waals surface area contributed by atoms with E-state index < -0.39 is 17.7 Å².